The number of nitrogens with one attached hydrogen (secondary N) is 2. The van der Waals surface area contributed by atoms with Gasteiger partial charge in [0.05, 0.1) is 6.61 Å². The molecule has 0 spiro atoms. The van der Waals surface area contributed by atoms with Gasteiger partial charge in [0, 0.05) is 32.5 Å². The van der Waals surface area contributed by atoms with Crippen LogP contribution in [0.25, 0.3) is 0 Å². The van der Waals surface area contributed by atoms with Gasteiger partial charge in [0.2, 0.25) is 11.8 Å². The van der Waals surface area contributed by atoms with Gasteiger partial charge in [-0.2, -0.15) is 0 Å². The van der Waals surface area contributed by atoms with E-state index < -0.39 is 0 Å². The van der Waals surface area contributed by atoms with Crippen LogP contribution in [0, 0.1) is 0 Å². The molecule has 1 atom stereocenters. The van der Waals surface area contributed by atoms with Crippen LogP contribution < -0.4 is 10.6 Å². The monoisotopic (exact) mass is 306 g/mol. The number of benzene rings is 1. The van der Waals surface area contributed by atoms with Crippen molar-refractivity contribution >= 4 is 11.8 Å². The molecule has 2 amide bonds. The Morgan fingerprint density at radius 2 is 1.82 bits per heavy atom. The number of rotatable bonds is 10. The topological polar surface area (TPSA) is 67.4 Å². The van der Waals surface area contributed by atoms with E-state index in [4.69, 9.17) is 4.74 Å². The van der Waals surface area contributed by atoms with Crippen LogP contribution in [0.2, 0.25) is 0 Å². The van der Waals surface area contributed by atoms with Crippen molar-refractivity contribution in [2.75, 3.05) is 20.3 Å². The van der Waals surface area contributed by atoms with Gasteiger partial charge in [0.1, 0.15) is 0 Å². The Kier molecular flexibility index (Phi) is 8.91. The van der Waals surface area contributed by atoms with Crippen molar-refractivity contribution < 1.29 is 14.3 Å². The summed E-state index contributed by atoms with van der Waals surface area (Å²) in [4.78, 5) is 23.3. The van der Waals surface area contributed by atoms with Gasteiger partial charge in [0.25, 0.3) is 0 Å². The largest absolute Gasteiger partial charge is 0.383 e. The number of carbonyl (C=O) groups excluding carboxylic acids is 2. The fourth-order valence-electron chi connectivity index (χ4n) is 2.05. The van der Waals surface area contributed by atoms with Crippen LogP contribution >= 0.6 is 0 Å². The third-order valence-corrected chi connectivity index (χ3v) is 3.32. The average Bonchev–Trinajstić information content (AvgIpc) is 2.52. The quantitative estimate of drug-likeness (QED) is 0.646. The minimum atomic E-state index is -0.121. The van der Waals surface area contributed by atoms with E-state index in [0.717, 1.165) is 12.8 Å². The molecule has 0 saturated carbocycles. The van der Waals surface area contributed by atoms with E-state index in [-0.39, 0.29) is 30.7 Å². The lowest BCUT2D eigenvalue weighted by atomic mass is 10.1. The zero-order valence-corrected chi connectivity index (χ0v) is 13.4. The lowest BCUT2D eigenvalue weighted by Gasteiger charge is -2.14. The maximum atomic E-state index is 11.8. The summed E-state index contributed by atoms with van der Waals surface area (Å²) in [5, 5.41) is 5.62. The molecule has 0 aliphatic heterocycles. The van der Waals surface area contributed by atoms with Gasteiger partial charge in [-0.15, -0.1) is 0 Å². The average molecular weight is 306 g/mol. The molecule has 2 N–H and O–H groups in total. The van der Waals surface area contributed by atoms with Crippen molar-refractivity contribution in [3.05, 3.63) is 35.9 Å². The Labute approximate surface area is 132 Å². The second kappa shape index (κ2) is 10.8. The third-order valence-electron chi connectivity index (χ3n) is 3.32. The molecular weight excluding hydrogens is 280 g/mol. The highest BCUT2D eigenvalue weighted by Gasteiger charge is 2.10. The molecule has 1 aromatic carbocycles. The second-order valence-electron chi connectivity index (χ2n) is 5.34. The summed E-state index contributed by atoms with van der Waals surface area (Å²) >= 11 is 0. The van der Waals surface area contributed by atoms with Gasteiger partial charge in [-0.25, -0.2) is 0 Å². The van der Waals surface area contributed by atoms with Crippen LogP contribution in [0.5, 0.6) is 0 Å². The van der Waals surface area contributed by atoms with E-state index in [1.807, 2.05) is 25.1 Å². The van der Waals surface area contributed by atoms with Gasteiger partial charge in [-0.3, -0.25) is 9.59 Å². The molecule has 0 saturated heterocycles. The number of aryl methyl sites for hydroxylation is 1. The first-order chi connectivity index (χ1) is 10.6. The molecular formula is C17H26N2O3. The van der Waals surface area contributed by atoms with E-state index in [0.29, 0.717) is 13.2 Å². The van der Waals surface area contributed by atoms with Crippen LogP contribution in [0.15, 0.2) is 30.3 Å². The summed E-state index contributed by atoms with van der Waals surface area (Å²) in [6, 6.07) is 10.3. The van der Waals surface area contributed by atoms with Crippen molar-refractivity contribution in [2.24, 2.45) is 0 Å². The fourth-order valence-corrected chi connectivity index (χ4v) is 2.05. The Balaban J connectivity index is 2.14. The first kappa shape index (κ1) is 18.2. The van der Waals surface area contributed by atoms with E-state index in [1.54, 1.807) is 7.11 Å². The molecule has 0 aliphatic carbocycles. The molecule has 0 radical (unpaired) electrons. The Morgan fingerprint density at radius 1 is 1.14 bits per heavy atom. The molecule has 22 heavy (non-hydrogen) atoms. The second-order valence-corrected chi connectivity index (χ2v) is 5.34. The number of amides is 2. The van der Waals surface area contributed by atoms with Crippen LogP contribution in [0.1, 0.15) is 31.7 Å². The first-order valence-electron chi connectivity index (χ1n) is 7.70. The summed E-state index contributed by atoms with van der Waals surface area (Å²) in [6.07, 6.45) is 2.24. The van der Waals surface area contributed by atoms with E-state index in [9.17, 15) is 9.59 Å². The highest BCUT2D eigenvalue weighted by molar-refractivity contribution is 5.83. The lowest BCUT2D eigenvalue weighted by molar-refractivity contribution is -0.126. The summed E-state index contributed by atoms with van der Waals surface area (Å²) < 4.78 is 4.84. The number of hydrogen-bond donors (Lipinski definition) is 2. The predicted octanol–water partition coefficient (Wildman–Crippen LogP) is 1.67. The minimum Gasteiger partial charge on any atom is -0.383 e. The van der Waals surface area contributed by atoms with Gasteiger partial charge in [-0.05, 0) is 25.3 Å². The molecule has 0 heterocycles. The van der Waals surface area contributed by atoms with Crippen LogP contribution in [-0.2, 0) is 20.7 Å². The van der Waals surface area contributed by atoms with Crippen LogP contribution in [0.3, 0.4) is 0 Å². The van der Waals surface area contributed by atoms with E-state index in [1.165, 1.54) is 5.56 Å². The molecule has 0 unspecified atom stereocenters. The highest BCUT2D eigenvalue weighted by Crippen LogP contribution is 2.05. The Morgan fingerprint density at radius 3 is 2.50 bits per heavy atom. The molecule has 0 aromatic heterocycles. The van der Waals surface area contributed by atoms with Crippen LogP contribution in [0.4, 0.5) is 0 Å². The zero-order chi connectivity index (χ0) is 16.2. The molecule has 0 fully saturated rings. The van der Waals surface area contributed by atoms with E-state index >= 15 is 0 Å². The molecule has 1 rings (SSSR count). The third kappa shape index (κ3) is 8.42. The molecule has 0 bridgehead atoms. The number of methoxy groups -OCH3 is 1. The number of ether oxygens (including phenoxy) is 1. The molecule has 122 valence electrons. The molecule has 0 aliphatic rings. The predicted molar refractivity (Wildman–Crippen MR) is 86.5 cm³/mol. The highest BCUT2D eigenvalue weighted by atomic mass is 16.5. The zero-order valence-electron chi connectivity index (χ0n) is 13.4. The van der Waals surface area contributed by atoms with Crippen molar-refractivity contribution in [3.63, 3.8) is 0 Å². The lowest BCUT2D eigenvalue weighted by Crippen LogP contribution is -2.34. The van der Waals surface area contributed by atoms with Crippen molar-refractivity contribution in [1.29, 1.82) is 0 Å². The van der Waals surface area contributed by atoms with Crippen LogP contribution in [-0.4, -0.2) is 38.1 Å². The summed E-state index contributed by atoms with van der Waals surface area (Å²) in [5.74, 6) is -0.202. The molecule has 5 nitrogen and oxygen atoms in total. The van der Waals surface area contributed by atoms with E-state index in [2.05, 4.69) is 22.8 Å². The summed E-state index contributed by atoms with van der Waals surface area (Å²) in [5.41, 5.74) is 1.26. The van der Waals surface area contributed by atoms with Crippen molar-refractivity contribution in [3.8, 4) is 0 Å². The van der Waals surface area contributed by atoms with Crippen molar-refractivity contribution in [1.82, 2.24) is 10.6 Å². The summed E-state index contributed by atoms with van der Waals surface area (Å²) in [7, 11) is 1.58. The fraction of sp³-hybridized carbons (Fsp3) is 0.529. The maximum absolute atomic E-state index is 11.8. The normalized spacial score (nSPS) is 11.7. The van der Waals surface area contributed by atoms with Gasteiger partial charge >= 0.3 is 0 Å². The Bertz CT molecular complexity index is 448. The van der Waals surface area contributed by atoms with Gasteiger partial charge in [0.15, 0.2) is 0 Å². The number of carbonyl (C=O) groups is 2. The molecule has 1 aromatic rings. The maximum Gasteiger partial charge on any atom is 0.220 e. The van der Waals surface area contributed by atoms with Crippen molar-refractivity contribution in [2.45, 2.75) is 38.6 Å². The number of hydrogen-bond acceptors (Lipinski definition) is 3. The standard InChI is InChI=1S/C17H26N2O3/c1-14(8-9-15-6-4-3-5-7-15)19-17(21)11-10-16(20)18-12-13-22-2/h3-7,14H,8-13H2,1-2H3,(H,18,20)(H,19,21)/t14-/m1/s1. The Hall–Kier alpha value is -1.88. The smallest absolute Gasteiger partial charge is 0.220 e. The van der Waals surface area contributed by atoms with Gasteiger partial charge in [-0.1, -0.05) is 30.3 Å². The summed E-state index contributed by atoms with van der Waals surface area (Å²) in [6.45, 7) is 2.94. The van der Waals surface area contributed by atoms with Gasteiger partial charge < -0.3 is 15.4 Å². The first-order valence-corrected chi connectivity index (χ1v) is 7.70. The molecule has 5 heteroatoms. The minimum absolute atomic E-state index is 0.0811. The SMILES string of the molecule is COCCNC(=O)CCC(=O)N[C@H](C)CCc1ccccc1.